The Hall–Kier alpha value is -0.230. The predicted octanol–water partition coefficient (Wildman–Crippen LogP) is 2.24. The van der Waals surface area contributed by atoms with Gasteiger partial charge in [-0.1, -0.05) is 20.8 Å². The van der Waals surface area contributed by atoms with Gasteiger partial charge in [0.05, 0.1) is 17.3 Å². The zero-order valence-corrected chi connectivity index (χ0v) is 15.4. The fourth-order valence-electron chi connectivity index (χ4n) is 4.74. The minimum atomic E-state index is -2.85. The summed E-state index contributed by atoms with van der Waals surface area (Å²) in [6, 6.07) is 0.279. The molecule has 3 rings (SSSR count). The fourth-order valence-corrected chi connectivity index (χ4v) is 8.20. The minimum absolute atomic E-state index is 0.0730. The average molecular weight is 346 g/mol. The molecule has 4 atom stereocenters. The molecule has 0 radical (unpaired) electrons. The van der Waals surface area contributed by atoms with Crippen LogP contribution in [-0.2, 0) is 14.6 Å². The van der Waals surface area contributed by atoms with Crippen LogP contribution in [0.3, 0.4) is 0 Å². The van der Waals surface area contributed by atoms with Gasteiger partial charge in [-0.25, -0.2) is 8.42 Å². The van der Waals surface area contributed by atoms with Gasteiger partial charge in [0.2, 0.25) is 5.91 Å². The van der Waals surface area contributed by atoms with Gasteiger partial charge in [0.1, 0.15) is 0 Å². The van der Waals surface area contributed by atoms with Crippen LogP contribution in [-0.4, -0.2) is 42.9 Å². The van der Waals surface area contributed by atoms with Crippen molar-refractivity contribution in [2.75, 3.05) is 17.3 Å². The molecule has 22 heavy (non-hydrogen) atoms. The Morgan fingerprint density at radius 2 is 2.00 bits per heavy atom. The Balaban J connectivity index is 1.51. The standard InChI is InChI=1S/C16H27NO3S2/c1-15(2)11-4-6-16(15,3)13(8-11)17-14(18)9-21-12-5-7-22(19,20)10-12/h11-13H,4-10H2,1-3H3,(H,17,18). The summed E-state index contributed by atoms with van der Waals surface area (Å²) in [5.74, 6) is 1.70. The van der Waals surface area contributed by atoms with Crippen LogP contribution in [0, 0.1) is 16.7 Å². The first-order valence-electron chi connectivity index (χ1n) is 8.25. The van der Waals surface area contributed by atoms with Crippen LogP contribution in [0.25, 0.3) is 0 Å². The molecule has 2 bridgehead atoms. The molecule has 4 nitrogen and oxygen atoms in total. The van der Waals surface area contributed by atoms with Gasteiger partial charge in [-0.05, 0) is 42.4 Å². The number of rotatable bonds is 4. The second-order valence-electron chi connectivity index (χ2n) is 8.07. The van der Waals surface area contributed by atoms with E-state index in [0.717, 1.165) is 12.3 Å². The molecule has 2 saturated carbocycles. The molecule has 3 fully saturated rings. The molecule has 4 unspecified atom stereocenters. The lowest BCUT2D eigenvalue weighted by Crippen LogP contribution is -2.47. The van der Waals surface area contributed by atoms with Gasteiger partial charge >= 0.3 is 0 Å². The summed E-state index contributed by atoms with van der Waals surface area (Å²) in [7, 11) is -2.85. The highest BCUT2D eigenvalue weighted by Gasteiger charge is 2.61. The quantitative estimate of drug-likeness (QED) is 0.849. The minimum Gasteiger partial charge on any atom is -0.352 e. The monoisotopic (exact) mass is 345 g/mol. The van der Waals surface area contributed by atoms with Crippen LogP contribution in [0.2, 0.25) is 0 Å². The summed E-state index contributed by atoms with van der Waals surface area (Å²) >= 11 is 1.51. The van der Waals surface area contributed by atoms with Gasteiger partial charge in [0.15, 0.2) is 9.84 Å². The molecule has 0 aromatic heterocycles. The number of carbonyl (C=O) groups is 1. The van der Waals surface area contributed by atoms with Crippen molar-refractivity contribution >= 4 is 27.5 Å². The van der Waals surface area contributed by atoms with E-state index < -0.39 is 9.84 Å². The highest BCUT2D eigenvalue weighted by molar-refractivity contribution is 8.02. The van der Waals surface area contributed by atoms with E-state index in [2.05, 4.69) is 26.1 Å². The smallest absolute Gasteiger partial charge is 0.230 e. The predicted molar refractivity (Wildman–Crippen MR) is 90.7 cm³/mol. The molecule has 1 saturated heterocycles. The first-order valence-corrected chi connectivity index (χ1v) is 11.1. The van der Waals surface area contributed by atoms with E-state index in [1.165, 1.54) is 24.6 Å². The number of hydrogen-bond acceptors (Lipinski definition) is 4. The van der Waals surface area contributed by atoms with E-state index in [-0.39, 0.29) is 34.1 Å². The number of hydrogen-bond donors (Lipinski definition) is 1. The maximum Gasteiger partial charge on any atom is 0.230 e. The van der Waals surface area contributed by atoms with Crippen molar-refractivity contribution in [3.8, 4) is 0 Å². The van der Waals surface area contributed by atoms with Gasteiger partial charge in [0.25, 0.3) is 0 Å². The Labute approximate surface area is 138 Å². The number of nitrogens with one attached hydrogen (secondary N) is 1. The summed E-state index contributed by atoms with van der Waals surface area (Å²) in [4.78, 5) is 12.3. The Bertz CT molecular complexity index is 572. The summed E-state index contributed by atoms with van der Waals surface area (Å²) in [5, 5.41) is 3.34. The molecule has 0 aromatic carbocycles. The molecular formula is C16H27NO3S2. The van der Waals surface area contributed by atoms with Crippen molar-refractivity contribution in [3.63, 3.8) is 0 Å². The van der Waals surface area contributed by atoms with Crippen molar-refractivity contribution in [2.24, 2.45) is 16.7 Å². The zero-order valence-electron chi connectivity index (χ0n) is 13.7. The van der Waals surface area contributed by atoms with Crippen LogP contribution in [0.4, 0.5) is 0 Å². The van der Waals surface area contributed by atoms with Crippen LogP contribution in [0.5, 0.6) is 0 Å². The zero-order chi connectivity index (χ0) is 16.2. The number of thioether (sulfide) groups is 1. The maximum atomic E-state index is 12.3. The third-order valence-corrected chi connectivity index (χ3v) is 10.1. The lowest BCUT2D eigenvalue weighted by Gasteiger charge is -2.39. The summed E-state index contributed by atoms with van der Waals surface area (Å²) in [6.07, 6.45) is 4.27. The summed E-state index contributed by atoms with van der Waals surface area (Å²) in [6.45, 7) is 7.01. The highest BCUT2D eigenvalue weighted by Crippen LogP contribution is 2.65. The molecule has 6 heteroatoms. The van der Waals surface area contributed by atoms with E-state index >= 15 is 0 Å². The van der Waals surface area contributed by atoms with Crippen molar-refractivity contribution in [1.29, 1.82) is 0 Å². The lowest BCUT2D eigenvalue weighted by molar-refractivity contribution is -0.120. The molecule has 1 aliphatic heterocycles. The SMILES string of the molecule is CC1(C)C2CCC1(C)C(NC(=O)CSC1CCS(=O)(=O)C1)C2. The molecule has 0 spiro atoms. The van der Waals surface area contributed by atoms with E-state index in [1.54, 1.807) is 0 Å². The van der Waals surface area contributed by atoms with E-state index in [0.29, 0.717) is 17.6 Å². The van der Waals surface area contributed by atoms with Crippen molar-refractivity contribution in [2.45, 2.75) is 57.7 Å². The first-order chi connectivity index (χ1) is 10.1. The molecule has 1 amide bonds. The van der Waals surface area contributed by atoms with Crippen LogP contribution in [0.1, 0.15) is 46.5 Å². The third kappa shape index (κ3) is 2.70. The number of fused-ring (bicyclic) bond motifs is 2. The van der Waals surface area contributed by atoms with E-state index in [9.17, 15) is 13.2 Å². The van der Waals surface area contributed by atoms with Gasteiger partial charge in [0, 0.05) is 11.3 Å². The van der Waals surface area contributed by atoms with E-state index in [1.807, 2.05) is 0 Å². The van der Waals surface area contributed by atoms with Crippen molar-refractivity contribution in [1.82, 2.24) is 5.32 Å². The number of sulfone groups is 1. The van der Waals surface area contributed by atoms with Gasteiger partial charge in [-0.3, -0.25) is 4.79 Å². The Kier molecular flexibility index (Phi) is 4.08. The van der Waals surface area contributed by atoms with Crippen LogP contribution >= 0.6 is 11.8 Å². The van der Waals surface area contributed by atoms with Crippen molar-refractivity contribution < 1.29 is 13.2 Å². The maximum absolute atomic E-state index is 12.3. The summed E-state index contributed by atoms with van der Waals surface area (Å²) in [5.41, 5.74) is 0.506. The van der Waals surface area contributed by atoms with Gasteiger partial charge < -0.3 is 5.32 Å². The Morgan fingerprint density at radius 1 is 1.27 bits per heavy atom. The molecule has 1 heterocycles. The van der Waals surface area contributed by atoms with Crippen molar-refractivity contribution in [3.05, 3.63) is 0 Å². The first kappa shape index (κ1) is 16.6. The molecule has 1 N–H and O–H groups in total. The molecule has 2 aliphatic carbocycles. The molecule has 126 valence electrons. The summed E-state index contributed by atoms with van der Waals surface area (Å²) < 4.78 is 22.9. The lowest BCUT2D eigenvalue weighted by atomic mass is 9.69. The molecular weight excluding hydrogens is 318 g/mol. The second-order valence-corrected chi connectivity index (χ2v) is 11.6. The third-order valence-electron chi connectivity index (χ3n) is 6.77. The van der Waals surface area contributed by atoms with Gasteiger partial charge in [-0.15, -0.1) is 11.8 Å². The largest absolute Gasteiger partial charge is 0.352 e. The average Bonchev–Trinajstić information content (AvgIpc) is 2.93. The number of amides is 1. The van der Waals surface area contributed by atoms with Crippen LogP contribution < -0.4 is 5.32 Å². The normalized spacial score (nSPS) is 41.7. The molecule has 3 aliphatic rings. The number of carbonyl (C=O) groups excluding carboxylic acids is 1. The van der Waals surface area contributed by atoms with Gasteiger partial charge in [-0.2, -0.15) is 0 Å². The molecule has 0 aromatic rings. The Morgan fingerprint density at radius 3 is 2.50 bits per heavy atom. The highest BCUT2D eigenvalue weighted by atomic mass is 32.2. The fraction of sp³-hybridized carbons (Fsp3) is 0.938. The topological polar surface area (TPSA) is 63.2 Å². The second kappa shape index (κ2) is 5.40. The van der Waals surface area contributed by atoms with Crippen LogP contribution in [0.15, 0.2) is 0 Å². The van der Waals surface area contributed by atoms with E-state index in [4.69, 9.17) is 0 Å².